The highest BCUT2D eigenvalue weighted by Crippen LogP contribution is 2.34. The quantitative estimate of drug-likeness (QED) is 0.425. The van der Waals surface area contributed by atoms with Crippen LogP contribution < -0.4 is 0 Å². The Morgan fingerprint density at radius 3 is 1.48 bits per heavy atom. The molecule has 0 fully saturated rings. The van der Waals surface area contributed by atoms with Crippen LogP contribution in [0.1, 0.15) is 61.8 Å². The van der Waals surface area contributed by atoms with Crippen molar-refractivity contribution in [2.24, 2.45) is 4.99 Å². The van der Waals surface area contributed by atoms with Crippen LogP contribution in [0, 0.1) is 0 Å². The van der Waals surface area contributed by atoms with Crippen molar-refractivity contribution < 1.29 is 0 Å². The van der Waals surface area contributed by atoms with Crippen molar-refractivity contribution in [2.45, 2.75) is 39.5 Å². The van der Waals surface area contributed by atoms with Gasteiger partial charge in [0.1, 0.15) is 0 Å². The molecule has 0 spiro atoms. The normalized spacial score (nSPS) is 10.7. The van der Waals surface area contributed by atoms with E-state index in [1.165, 1.54) is 11.1 Å². The fraction of sp³-hybridized carbons (Fsp3) is 0.231. The molecule has 0 saturated carbocycles. The van der Waals surface area contributed by atoms with Crippen LogP contribution in [0.5, 0.6) is 0 Å². The average molecular weight is 354 g/mol. The molecule has 0 bridgehead atoms. The van der Waals surface area contributed by atoms with E-state index >= 15 is 0 Å². The number of hydrogen-bond acceptors (Lipinski definition) is 1. The molecule has 0 heterocycles. The maximum Gasteiger partial charge on any atom is 0.0799 e. The first-order valence-electron chi connectivity index (χ1n) is 9.65. The first kappa shape index (κ1) is 18.9. The minimum Gasteiger partial charge on any atom is -0.205 e. The lowest BCUT2D eigenvalue weighted by Crippen LogP contribution is -1.95. The molecule has 0 aliphatic heterocycles. The van der Waals surface area contributed by atoms with Crippen molar-refractivity contribution in [1.82, 2.24) is 0 Å². The predicted molar refractivity (Wildman–Crippen MR) is 117 cm³/mol. The van der Waals surface area contributed by atoms with Crippen LogP contribution in [-0.2, 0) is 0 Å². The minimum atomic E-state index is 0.418. The molecule has 0 atom stereocenters. The summed E-state index contributed by atoms with van der Waals surface area (Å²) in [6.07, 6.45) is 0. The topological polar surface area (TPSA) is 12.4 Å². The SMILES string of the molecule is CC(C)c1cccc(C(C)C)c1N=C=C(c1ccccc1)c1ccccc1. The lowest BCUT2D eigenvalue weighted by molar-refractivity contribution is 0.835. The molecule has 136 valence electrons. The van der Waals surface area contributed by atoms with Crippen LogP contribution in [0.25, 0.3) is 5.57 Å². The van der Waals surface area contributed by atoms with Gasteiger partial charge in [-0.15, -0.1) is 0 Å². The highest BCUT2D eigenvalue weighted by Gasteiger charge is 2.13. The Bertz CT molecular complexity index is 876. The summed E-state index contributed by atoms with van der Waals surface area (Å²) in [6, 6.07) is 27.3. The van der Waals surface area contributed by atoms with E-state index in [0.29, 0.717) is 11.8 Å². The number of hydrogen-bond donors (Lipinski definition) is 0. The summed E-state index contributed by atoms with van der Waals surface area (Å²) >= 11 is 0. The third kappa shape index (κ3) is 4.45. The molecule has 0 aliphatic carbocycles. The molecular weight excluding hydrogens is 326 g/mol. The smallest absolute Gasteiger partial charge is 0.0799 e. The largest absolute Gasteiger partial charge is 0.205 e. The summed E-state index contributed by atoms with van der Waals surface area (Å²) in [5.74, 6) is 4.24. The van der Waals surface area contributed by atoms with Gasteiger partial charge in [-0.1, -0.05) is 107 Å². The third-order valence-corrected chi connectivity index (χ3v) is 4.75. The number of para-hydroxylation sites is 1. The van der Waals surface area contributed by atoms with Gasteiger partial charge in [0.2, 0.25) is 0 Å². The van der Waals surface area contributed by atoms with Crippen LogP contribution in [-0.4, -0.2) is 5.87 Å². The third-order valence-electron chi connectivity index (χ3n) is 4.75. The van der Waals surface area contributed by atoms with Gasteiger partial charge in [-0.3, -0.25) is 0 Å². The standard InChI is InChI=1S/C26H27N/c1-19(2)23-16-11-17-24(20(3)4)26(23)27-18-25(21-12-7-5-8-13-21)22-14-9-6-10-15-22/h5-17,19-20H,1-4H3. The summed E-state index contributed by atoms with van der Waals surface area (Å²) in [4.78, 5) is 4.91. The molecule has 0 radical (unpaired) electrons. The first-order valence-corrected chi connectivity index (χ1v) is 9.65. The number of benzene rings is 3. The zero-order chi connectivity index (χ0) is 19.2. The van der Waals surface area contributed by atoms with E-state index in [4.69, 9.17) is 4.99 Å². The monoisotopic (exact) mass is 353 g/mol. The second-order valence-corrected chi connectivity index (χ2v) is 7.43. The first-order chi connectivity index (χ1) is 13.1. The zero-order valence-corrected chi connectivity index (χ0v) is 16.6. The predicted octanol–water partition coefficient (Wildman–Crippen LogP) is 7.37. The van der Waals surface area contributed by atoms with Gasteiger partial charge in [0.25, 0.3) is 0 Å². The minimum absolute atomic E-state index is 0.418. The van der Waals surface area contributed by atoms with Gasteiger partial charge in [-0.25, -0.2) is 4.99 Å². The summed E-state index contributed by atoms with van der Waals surface area (Å²) in [5.41, 5.74) is 6.88. The highest BCUT2D eigenvalue weighted by molar-refractivity contribution is 5.99. The van der Waals surface area contributed by atoms with Gasteiger partial charge in [0, 0.05) is 0 Å². The molecule has 27 heavy (non-hydrogen) atoms. The van der Waals surface area contributed by atoms with E-state index in [0.717, 1.165) is 22.4 Å². The molecule has 3 aromatic rings. The van der Waals surface area contributed by atoms with E-state index < -0.39 is 0 Å². The molecule has 0 aliphatic rings. The average Bonchev–Trinajstić information content (AvgIpc) is 2.69. The Morgan fingerprint density at radius 1 is 0.630 bits per heavy atom. The molecule has 0 saturated heterocycles. The number of rotatable bonds is 5. The van der Waals surface area contributed by atoms with E-state index in [1.54, 1.807) is 0 Å². The van der Waals surface area contributed by atoms with Crippen molar-refractivity contribution in [3.8, 4) is 0 Å². The van der Waals surface area contributed by atoms with Crippen LogP contribution in [0.3, 0.4) is 0 Å². The van der Waals surface area contributed by atoms with E-state index in [2.05, 4.69) is 100 Å². The van der Waals surface area contributed by atoms with E-state index in [9.17, 15) is 0 Å². The molecule has 1 heteroatoms. The Kier molecular flexibility index (Phi) is 6.06. The van der Waals surface area contributed by atoms with Crippen molar-refractivity contribution in [3.05, 3.63) is 101 Å². The maximum atomic E-state index is 4.91. The fourth-order valence-corrected chi connectivity index (χ4v) is 3.26. The van der Waals surface area contributed by atoms with Crippen LogP contribution >= 0.6 is 0 Å². The maximum absolute atomic E-state index is 4.91. The summed E-state index contributed by atoms with van der Waals surface area (Å²) in [6.45, 7) is 8.88. The van der Waals surface area contributed by atoms with Crippen LogP contribution in [0.2, 0.25) is 0 Å². The zero-order valence-electron chi connectivity index (χ0n) is 16.6. The molecular formula is C26H27N. The van der Waals surface area contributed by atoms with Gasteiger partial charge >= 0.3 is 0 Å². The second kappa shape index (κ2) is 8.66. The van der Waals surface area contributed by atoms with Crippen molar-refractivity contribution >= 4 is 17.1 Å². The number of nitrogens with zero attached hydrogens (tertiary/aromatic N) is 1. The van der Waals surface area contributed by atoms with Gasteiger partial charge < -0.3 is 0 Å². The number of aliphatic imine (C=N–C) groups is 1. The summed E-state index contributed by atoms with van der Waals surface area (Å²) < 4.78 is 0. The van der Waals surface area contributed by atoms with Gasteiger partial charge in [0.15, 0.2) is 0 Å². The Hall–Kier alpha value is -2.89. The van der Waals surface area contributed by atoms with Gasteiger partial charge in [0.05, 0.1) is 11.3 Å². The van der Waals surface area contributed by atoms with Gasteiger partial charge in [-0.2, -0.15) is 0 Å². The van der Waals surface area contributed by atoms with Crippen LogP contribution in [0.4, 0.5) is 5.69 Å². The fourth-order valence-electron chi connectivity index (χ4n) is 3.26. The van der Waals surface area contributed by atoms with E-state index in [1.807, 2.05) is 12.1 Å². The van der Waals surface area contributed by atoms with E-state index in [-0.39, 0.29) is 0 Å². The van der Waals surface area contributed by atoms with Crippen LogP contribution in [0.15, 0.2) is 83.9 Å². The lowest BCUT2D eigenvalue weighted by atomic mass is 9.93. The van der Waals surface area contributed by atoms with Gasteiger partial charge in [-0.05, 0) is 40.0 Å². The molecule has 1 nitrogen and oxygen atoms in total. The Labute approximate surface area is 163 Å². The molecule has 0 unspecified atom stereocenters. The Balaban J connectivity index is 2.24. The van der Waals surface area contributed by atoms with Crippen molar-refractivity contribution in [3.63, 3.8) is 0 Å². The molecule has 0 amide bonds. The van der Waals surface area contributed by atoms with Crippen molar-refractivity contribution in [1.29, 1.82) is 0 Å². The highest BCUT2D eigenvalue weighted by atomic mass is 14.7. The van der Waals surface area contributed by atoms with Crippen molar-refractivity contribution in [2.75, 3.05) is 0 Å². The second-order valence-electron chi connectivity index (χ2n) is 7.43. The summed E-state index contributed by atoms with van der Waals surface area (Å²) in [5, 5.41) is 0. The summed E-state index contributed by atoms with van der Waals surface area (Å²) in [7, 11) is 0. The molecule has 3 rings (SSSR count). The lowest BCUT2D eigenvalue weighted by Gasteiger charge is -2.15. The molecule has 0 N–H and O–H groups in total. The molecule has 3 aromatic carbocycles. The Morgan fingerprint density at radius 2 is 1.07 bits per heavy atom. The molecule has 0 aromatic heterocycles.